The number of nitrogens with zero attached hydrogens (tertiary/aromatic N) is 1. The molecule has 0 spiro atoms. The number of benzene rings is 1. The summed E-state index contributed by atoms with van der Waals surface area (Å²) < 4.78 is 0. The van der Waals surface area contributed by atoms with Gasteiger partial charge in [-0.1, -0.05) is 37.3 Å². The third kappa shape index (κ3) is 4.03. The number of piperidine rings is 1. The Hall–Kier alpha value is -0.900. The van der Waals surface area contributed by atoms with Gasteiger partial charge in [0.25, 0.3) is 0 Å². The van der Waals surface area contributed by atoms with Gasteiger partial charge in [-0.15, -0.1) is 0 Å². The van der Waals surface area contributed by atoms with Crippen LogP contribution in [0.5, 0.6) is 0 Å². The minimum atomic E-state index is -0.134. The normalized spacial score (nSPS) is 24.1. The highest BCUT2D eigenvalue weighted by molar-refractivity contribution is 5.19. The largest absolute Gasteiger partial charge is 0.392 e. The van der Waals surface area contributed by atoms with Gasteiger partial charge in [-0.3, -0.25) is 0 Å². The van der Waals surface area contributed by atoms with Crippen molar-refractivity contribution in [2.45, 2.75) is 31.9 Å². The van der Waals surface area contributed by atoms with Gasteiger partial charge in [-0.05, 0) is 37.9 Å². The molecule has 1 heterocycles. The summed E-state index contributed by atoms with van der Waals surface area (Å²) >= 11 is 0. The Balaban J connectivity index is 1.95. The van der Waals surface area contributed by atoms with Crippen LogP contribution in [0.1, 0.15) is 31.4 Å². The number of likely N-dealkylation sites (tertiary alicyclic amines) is 1. The van der Waals surface area contributed by atoms with Crippen molar-refractivity contribution in [3.05, 3.63) is 35.9 Å². The summed E-state index contributed by atoms with van der Waals surface area (Å²) in [6.45, 7) is 5.27. The molecule has 0 saturated carbocycles. The third-order valence-corrected chi connectivity index (χ3v) is 4.07. The molecule has 0 aromatic heterocycles. The molecule has 19 heavy (non-hydrogen) atoms. The molecule has 1 saturated heterocycles. The minimum absolute atomic E-state index is 0.134. The fourth-order valence-corrected chi connectivity index (χ4v) is 3.15. The molecule has 3 nitrogen and oxygen atoms in total. The second kappa shape index (κ2) is 7.04. The van der Waals surface area contributed by atoms with Crippen LogP contribution < -0.4 is 5.32 Å². The summed E-state index contributed by atoms with van der Waals surface area (Å²) in [4.78, 5) is 2.39. The van der Waals surface area contributed by atoms with E-state index < -0.39 is 0 Å². The summed E-state index contributed by atoms with van der Waals surface area (Å²) in [5.74, 6) is 0.526. The van der Waals surface area contributed by atoms with Crippen molar-refractivity contribution in [1.29, 1.82) is 0 Å². The van der Waals surface area contributed by atoms with Gasteiger partial charge in [-0.25, -0.2) is 0 Å². The predicted octanol–water partition coefficient (Wildman–Crippen LogP) is 2.04. The van der Waals surface area contributed by atoms with Crippen molar-refractivity contribution in [3.8, 4) is 0 Å². The maximum absolute atomic E-state index is 9.75. The van der Waals surface area contributed by atoms with Crippen molar-refractivity contribution in [1.82, 2.24) is 10.2 Å². The van der Waals surface area contributed by atoms with Gasteiger partial charge in [0.05, 0.1) is 6.10 Å². The van der Waals surface area contributed by atoms with Crippen LogP contribution in [0, 0.1) is 5.92 Å². The Labute approximate surface area is 116 Å². The maximum Gasteiger partial charge on any atom is 0.0667 e. The average Bonchev–Trinajstić information content (AvgIpc) is 2.41. The molecule has 0 aliphatic carbocycles. The van der Waals surface area contributed by atoms with E-state index in [1.807, 2.05) is 7.05 Å². The number of hydrogen-bond acceptors (Lipinski definition) is 3. The maximum atomic E-state index is 9.75. The van der Waals surface area contributed by atoms with Gasteiger partial charge in [0.15, 0.2) is 0 Å². The van der Waals surface area contributed by atoms with E-state index in [1.54, 1.807) is 0 Å². The lowest BCUT2D eigenvalue weighted by Crippen LogP contribution is -2.42. The van der Waals surface area contributed by atoms with Gasteiger partial charge in [-0.2, -0.15) is 0 Å². The predicted molar refractivity (Wildman–Crippen MR) is 79.1 cm³/mol. The molecular weight excluding hydrogens is 236 g/mol. The molecule has 1 aliphatic heterocycles. The molecule has 3 heteroatoms. The lowest BCUT2D eigenvalue weighted by atomic mass is 9.93. The Kier molecular flexibility index (Phi) is 5.37. The van der Waals surface area contributed by atoms with Gasteiger partial charge >= 0.3 is 0 Å². The zero-order chi connectivity index (χ0) is 13.7. The molecule has 2 rings (SSSR count). The summed E-state index contributed by atoms with van der Waals surface area (Å²) in [7, 11) is 2.03. The molecule has 1 aliphatic rings. The summed E-state index contributed by atoms with van der Waals surface area (Å²) in [6, 6.07) is 11.0. The fourth-order valence-electron chi connectivity index (χ4n) is 3.15. The van der Waals surface area contributed by atoms with Crippen molar-refractivity contribution in [3.63, 3.8) is 0 Å². The van der Waals surface area contributed by atoms with Crippen molar-refractivity contribution in [2.75, 3.05) is 26.7 Å². The number of rotatable bonds is 5. The fraction of sp³-hybridized carbons (Fsp3) is 0.625. The molecule has 1 aromatic carbocycles. The molecular formula is C16H26N2O. The SMILES string of the molecule is CN[C@@H](c1ccccc1)[C@@H](C)CN1CCC[C@@H](O)C1. The lowest BCUT2D eigenvalue weighted by Gasteiger charge is -2.34. The van der Waals surface area contributed by atoms with Crippen LogP contribution in [0.15, 0.2) is 30.3 Å². The van der Waals surface area contributed by atoms with Crippen LogP contribution in [-0.4, -0.2) is 42.8 Å². The number of hydrogen-bond donors (Lipinski definition) is 2. The summed E-state index contributed by atoms with van der Waals surface area (Å²) in [5, 5.41) is 13.2. The van der Waals surface area contributed by atoms with Crippen molar-refractivity contribution < 1.29 is 5.11 Å². The smallest absolute Gasteiger partial charge is 0.0667 e. The molecule has 0 radical (unpaired) electrons. The van der Waals surface area contributed by atoms with E-state index in [0.29, 0.717) is 12.0 Å². The highest BCUT2D eigenvalue weighted by atomic mass is 16.3. The first-order valence-electron chi connectivity index (χ1n) is 7.33. The Bertz CT molecular complexity index is 368. The molecule has 3 atom stereocenters. The second-order valence-electron chi connectivity index (χ2n) is 5.71. The Morgan fingerprint density at radius 2 is 2.11 bits per heavy atom. The van der Waals surface area contributed by atoms with Gasteiger partial charge in [0.1, 0.15) is 0 Å². The third-order valence-electron chi connectivity index (χ3n) is 4.07. The van der Waals surface area contributed by atoms with Gasteiger partial charge in [0.2, 0.25) is 0 Å². The van der Waals surface area contributed by atoms with Crippen LogP contribution in [0.3, 0.4) is 0 Å². The van der Waals surface area contributed by atoms with Crippen LogP contribution in [0.2, 0.25) is 0 Å². The molecule has 0 amide bonds. The summed E-state index contributed by atoms with van der Waals surface area (Å²) in [6.07, 6.45) is 1.94. The van der Waals surface area contributed by atoms with Gasteiger partial charge in [0, 0.05) is 19.1 Å². The lowest BCUT2D eigenvalue weighted by molar-refractivity contribution is 0.0601. The van der Waals surface area contributed by atoms with Crippen molar-refractivity contribution in [2.24, 2.45) is 5.92 Å². The van der Waals surface area contributed by atoms with E-state index >= 15 is 0 Å². The molecule has 1 fully saturated rings. The highest BCUT2D eigenvalue weighted by Gasteiger charge is 2.23. The van der Waals surface area contributed by atoms with E-state index in [1.165, 1.54) is 5.56 Å². The second-order valence-corrected chi connectivity index (χ2v) is 5.71. The molecule has 0 bridgehead atoms. The topological polar surface area (TPSA) is 35.5 Å². The highest BCUT2D eigenvalue weighted by Crippen LogP contribution is 2.23. The van der Waals surface area contributed by atoms with E-state index in [9.17, 15) is 5.11 Å². The van der Waals surface area contributed by atoms with E-state index in [0.717, 1.165) is 32.5 Å². The van der Waals surface area contributed by atoms with Crippen molar-refractivity contribution >= 4 is 0 Å². The molecule has 2 N–H and O–H groups in total. The van der Waals surface area contributed by atoms with Gasteiger partial charge < -0.3 is 15.3 Å². The van der Waals surface area contributed by atoms with Crippen LogP contribution >= 0.6 is 0 Å². The van der Waals surface area contributed by atoms with E-state index in [-0.39, 0.29) is 6.10 Å². The molecule has 0 unspecified atom stereocenters. The Morgan fingerprint density at radius 1 is 1.37 bits per heavy atom. The standard InChI is InChI=1S/C16H26N2O/c1-13(11-18-10-6-9-15(19)12-18)16(17-2)14-7-4-3-5-8-14/h3-5,7-8,13,15-17,19H,6,9-12H2,1-2H3/t13-,15+,16+/m0/s1. The number of nitrogens with one attached hydrogen (secondary N) is 1. The Morgan fingerprint density at radius 3 is 2.74 bits per heavy atom. The van der Waals surface area contributed by atoms with Crippen LogP contribution in [-0.2, 0) is 0 Å². The summed E-state index contributed by atoms with van der Waals surface area (Å²) in [5.41, 5.74) is 1.34. The molecule has 106 valence electrons. The average molecular weight is 262 g/mol. The quantitative estimate of drug-likeness (QED) is 0.852. The first kappa shape index (κ1) is 14.5. The van der Waals surface area contributed by atoms with E-state index in [2.05, 4.69) is 47.5 Å². The van der Waals surface area contributed by atoms with Crippen LogP contribution in [0.4, 0.5) is 0 Å². The zero-order valence-electron chi connectivity index (χ0n) is 12.0. The zero-order valence-corrected chi connectivity index (χ0v) is 12.0. The number of aliphatic hydroxyl groups excluding tert-OH is 1. The van der Waals surface area contributed by atoms with E-state index in [4.69, 9.17) is 0 Å². The number of β-amino-alcohol motifs (C(OH)–C–C–N with tert-alkyl or cyclic N) is 1. The number of aliphatic hydroxyl groups is 1. The minimum Gasteiger partial charge on any atom is -0.392 e. The first-order chi connectivity index (χ1) is 9.20. The molecule has 1 aromatic rings. The first-order valence-corrected chi connectivity index (χ1v) is 7.33. The monoisotopic (exact) mass is 262 g/mol. The van der Waals surface area contributed by atoms with Crippen LogP contribution in [0.25, 0.3) is 0 Å².